The molecule has 0 fully saturated rings. The Morgan fingerprint density at radius 1 is 1.26 bits per heavy atom. The van der Waals surface area contributed by atoms with Gasteiger partial charge in [0.15, 0.2) is 0 Å². The second-order valence-corrected chi connectivity index (χ2v) is 8.26. The second-order valence-electron chi connectivity index (χ2n) is 5.68. The molecule has 116 valence electrons. The molecule has 0 amide bonds. The summed E-state index contributed by atoms with van der Waals surface area (Å²) in [4.78, 5) is 12.7. The van der Waals surface area contributed by atoms with E-state index in [9.17, 15) is 10.1 Å². The van der Waals surface area contributed by atoms with Gasteiger partial charge < -0.3 is 0 Å². The molecule has 0 aromatic heterocycles. The minimum absolute atomic E-state index is 0.0807. The molecule has 4 rings (SSSR count). The molecule has 23 heavy (non-hydrogen) atoms. The van der Waals surface area contributed by atoms with Crippen molar-refractivity contribution in [2.45, 2.75) is 11.5 Å². The van der Waals surface area contributed by atoms with E-state index in [0.717, 1.165) is 5.56 Å². The molecule has 2 aromatic carbocycles. The third-order valence-electron chi connectivity index (χ3n) is 4.13. The van der Waals surface area contributed by atoms with Crippen LogP contribution in [0, 0.1) is 17.0 Å². The zero-order valence-corrected chi connectivity index (χ0v) is 14.4. The Hall–Kier alpha value is -2.30. The summed E-state index contributed by atoms with van der Waals surface area (Å²) in [5.41, 5.74) is 3.25. The minimum atomic E-state index is -0.494. The summed E-state index contributed by atoms with van der Waals surface area (Å²) in [6, 6.07) is 11.2. The van der Waals surface area contributed by atoms with E-state index in [1.165, 1.54) is 21.8 Å². The summed E-state index contributed by atoms with van der Waals surface area (Å²) in [6.45, 7) is 2.08. The summed E-state index contributed by atoms with van der Waals surface area (Å²) in [5, 5.41) is 10.9. The molecular weight excluding hydrogens is 359 g/mol. The molecule has 1 spiro atoms. The normalized spacial score (nSPS) is 21.0. The van der Waals surface area contributed by atoms with Crippen LogP contribution in [0.15, 0.2) is 42.5 Å². The maximum absolute atomic E-state index is 10.9. The van der Waals surface area contributed by atoms with Gasteiger partial charge in [-0.25, -0.2) is 0 Å². The Balaban J connectivity index is 1.74. The molecule has 0 radical (unpaired) electrons. The summed E-state index contributed by atoms with van der Waals surface area (Å²) in [5.74, 6) is 0.691. The van der Waals surface area contributed by atoms with Crippen molar-refractivity contribution in [3.05, 3.63) is 63.7 Å². The Bertz CT molecular complexity index is 865. The molecule has 0 aliphatic carbocycles. The number of non-ortho nitro benzene ring substituents is 1. The second kappa shape index (κ2) is 4.85. The summed E-state index contributed by atoms with van der Waals surface area (Å²) in [6.07, 6.45) is 3.96. The molecule has 2 aromatic rings. The van der Waals surface area contributed by atoms with Gasteiger partial charge in [0, 0.05) is 0 Å². The van der Waals surface area contributed by atoms with Crippen LogP contribution in [-0.4, -0.2) is 31.6 Å². The van der Waals surface area contributed by atoms with Gasteiger partial charge in [-0.2, -0.15) is 0 Å². The average molecular weight is 373 g/mol. The first-order valence-corrected chi connectivity index (χ1v) is 8.90. The molecule has 0 bridgehead atoms. The zero-order valence-electron chi connectivity index (χ0n) is 12.6. The Kier molecular flexibility index (Phi) is 3.01. The number of hydrogen-bond donors (Lipinski definition) is 0. The van der Waals surface area contributed by atoms with Gasteiger partial charge in [0.1, 0.15) is 0 Å². The van der Waals surface area contributed by atoms with Crippen molar-refractivity contribution in [2.24, 2.45) is 0 Å². The fraction of sp³-hybridized carbons (Fsp3) is 0.176. The molecule has 0 saturated carbocycles. The number of fused-ring (bicyclic) bond motifs is 2. The molecule has 0 saturated heterocycles. The molecule has 0 N–H and O–H groups in total. The predicted molar refractivity (Wildman–Crippen MR) is 90.5 cm³/mol. The summed E-state index contributed by atoms with van der Waals surface area (Å²) < 4.78 is 7.11. The first-order valence-electron chi connectivity index (χ1n) is 7.19. The fourth-order valence-corrected chi connectivity index (χ4v) is 5.50. The molecule has 6 heteroatoms. The van der Waals surface area contributed by atoms with Gasteiger partial charge in [0.2, 0.25) is 0 Å². The van der Waals surface area contributed by atoms with Gasteiger partial charge in [-0.05, 0) is 0 Å². The standard InChI is InChI=1S/C17H14N2O3Se/c1-11-3-6-16-14(9-11)18(2)17(23-16)8-7-12-10-13(19(20)21)4-5-15(12)22-17/h3-10H,1-2H3. The van der Waals surface area contributed by atoms with E-state index in [0.29, 0.717) is 5.75 Å². The van der Waals surface area contributed by atoms with Crippen LogP contribution >= 0.6 is 0 Å². The van der Waals surface area contributed by atoms with Crippen LogP contribution < -0.4 is 14.1 Å². The molecule has 2 aliphatic heterocycles. The predicted octanol–water partition coefficient (Wildman–Crippen LogP) is 2.44. The average Bonchev–Trinajstić information content (AvgIpc) is 2.79. The van der Waals surface area contributed by atoms with Crippen molar-refractivity contribution in [2.75, 3.05) is 11.9 Å². The number of hydrogen-bond acceptors (Lipinski definition) is 4. The Morgan fingerprint density at radius 2 is 2.09 bits per heavy atom. The Morgan fingerprint density at radius 3 is 2.87 bits per heavy atom. The van der Waals surface area contributed by atoms with Gasteiger partial charge in [-0.3, -0.25) is 0 Å². The van der Waals surface area contributed by atoms with Crippen LogP contribution in [0.1, 0.15) is 11.1 Å². The van der Waals surface area contributed by atoms with Crippen molar-refractivity contribution < 1.29 is 9.66 Å². The SMILES string of the molecule is Cc1ccc2c(c1)N(C)C1(C=Cc3cc([N+](=O)[O-])ccc3O1)[Se]2. The molecule has 2 aliphatic rings. The number of aryl methyl sites for hydroxylation is 1. The quantitative estimate of drug-likeness (QED) is 0.438. The van der Waals surface area contributed by atoms with E-state index >= 15 is 0 Å². The van der Waals surface area contributed by atoms with Crippen LogP contribution in [-0.2, 0) is 0 Å². The topological polar surface area (TPSA) is 55.6 Å². The number of rotatable bonds is 1. The number of anilines is 1. The summed E-state index contributed by atoms with van der Waals surface area (Å²) in [7, 11) is 2.04. The van der Waals surface area contributed by atoms with Crippen molar-refractivity contribution >= 4 is 36.9 Å². The van der Waals surface area contributed by atoms with E-state index in [1.807, 2.05) is 19.2 Å². The van der Waals surface area contributed by atoms with E-state index in [-0.39, 0.29) is 25.6 Å². The Labute approximate surface area is 139 Å². The first-order chi connectivity index (χ1) is 11.0. The number of nitrogens with zero attached hydrogens (tertiary/aromatic N) is 2. The number of nitro benzene ring substituents is 1. The van der Waals surface area contributed by atoms with E-state index in [2.05, 4.69) is 30.0 Å². The van der Waals surface area contributed by atoms with Crippen LogP contribution in [0.5, 0.6) is 5.75 Å². The van der Waals surface area contributed by atoms with E-state index in [1.54, 1.807) is 12.1 Å². The summed E-state index contributed by atoms with van der Waals surface area (Å²) >= 11 is 0.0980. The molecule has 5 nitrogen and oxygen atoms in total. The number of ether oxygens (including phenoxy) is 1. The van der Waals surface area contributed by atoms with E-state index in [4.69, 9.17) is 4.74 Å². The van der Waals surface area contributed by atoms with Gasteiger partial charge >= 0.3 is 139 Å². The van der Waals surface area contributed by atoms with Crippen molar-refractivity contribution in [3.63, 3.8) is 0 Å². The van der Waals surface area contributed by atoms with Crippen LogP contribution in [0.2, 0.25) is 0 Å². The van der Waals surface area contributed by atoms with Crippen molar-refractivity contribution in [1.82, 2.24) is 0 Å². The van der Waals surface area contributed by atoms with Gasteiger partial charge in [-0.15, -0.1) is 0 Å². The fourth-order valence-electron chi connectivity index (χ4n) is 2.86. The maximum atomic E-state index is 10.9. The molecule has 1 unspecified atom stereocenters. The van der Waals surface area contributed by atoms with E-state index < -0.39 is 4.62 Å². The van der Waals surface area contributed by atoms with Crippen LogP contribution in [0.3, 0.4) is 0 Å². The van der Waals surface area contributed by atoms with Crippen LogP contribution in [0.4, 0.5) is 11.4 Å². The third-order valence-corrected chi connectivity index (χ3v) is 6.97. The molecule has 1 atom stereocenters. The van der Waals surface area contributed by atoms with Gasteiger partial charge in [0.05, 0.1) is 0 Å². The van der Waals surface area contributed by atoms with Gasteiger partial charge in [-0.1, -0.05) is 0 Å². The number of likely N-dealkylation sites (N-methyl/N-ethyl adjacent to an activating group) is 1. The van der Waals surface area contributed by atoms with Gasteiger partial charge in [0.25, 0.3) is 0 Å². The monoisotopic (exact) mass is 374 g/mol. The van der Waals surface area contributed by atoms with Crippen molar-refractivity contribution in [3.8, 4) is 5.75 Å². The first kappa shape index (κ1) is 14.3. The zero-order chi connectivity index (χ0) is 16.2. The molecular formula is C17H14N2O3Se. The van der Waals surface area contributed by atoms with Crippen LogP contribution in [0.25, 0.3) is 6.08 Å². The van der Waals surface area contributed by atoms with Crippen molar-refractivity contribution in [1.29, 1.82) is 0 Å². The molecule has 2 heterocycles. The number of nitro groups is 1. The third kappa shape index (κ3) is 2.14. The number of benzene rings is 2.